The smallest absolute Gasteiger partial charge is 0.225 e. The number of hydrogen-bond acceptors (Lipinski definition) is 4. The number of benzene rings is 1. The molecule has 1 aliphatic rings. The lowest BCUT2D eigenvalue weighted by Gasteiger charge is -2.38. The predicted octanol–water partition coefficient (Wildman–Crippen LogP) is 1.88. The Morgan fingerprint density at radius 3 is 2.74 bits per heavy atom. The van der Waals surface area contributed by atoms with Gasteiger partial charge in [-0.25, -0.2) is 4.39 Å². The van der Waals surface area contributed by atoms with Crippen molar-refractivity contribution >= 4 is 11.6 Å². The van der Waals surface area contributed by atoms with E-state index in [1.165, 1.54) is 6.07 Å². The van der Waals surface area contributed by atoms with Crippen molar-refractivity contribution in [3.05, 3.63) is 30.1 Å². The molecule has 6 heteroatoms. The van der Waals surface area contributed by atoms with Crippen molar-refractivity contribution < 1.29 is 19.0 Å². The minimum absolute atomic E-state index is 0.127. The molecule has 0 saturated carbocycles. The zero-order valence-electron chi connectivity index (χ0n) is 13.6. The van der Waals surface area contributed by atoms with Crippen LogP contribution in [0, 0.1) is 11.2 Å². The molecule has 0 spiro atoms. The van der Waals surface area contributed by atoms with E-state index in [0.29, 0.717) is 19.8 Å². The van der Waals surface area contributed by atoms with Crippen LogP contribution in [0.25, 0.3) is 0 Å². The van der Waals surface area contributed by atoms with Crippen LogP contribution >= 0.6 is 0 Å². The van der Waals surface area contributed by atoms with Gasteiger partial charge in [0, 0.05) is 38.1 Å². The van der Waals surface area contributed by atoms with E-state index in [0.717, 1.165) is 19.4 Å². The second-order valence-electron chi connectivity index (χ2n) is 6.29. The van der Waals surface area contributed by atoms with E-state index in [-0.39, 0.29) is 30.0 Å². The molecule has 1 fully saturated rings. The molecule has 1 amide bonds. The van der Waals surface area contributed by atoms with Gasteiger partial charge in [-0.15, -0.1) is 0 Å². The van der Waals surface area contributed by atoms with Crippen molar-refractivity contribution in [2.24, 2.45) is 5.41 Å². The maximum absolute atomic E-state index is 13.5. The zero-order chi connectivity index (χ0) is 16.7. The predicted molar refractivity (Wildman–Crippen MR) is 86.7 cm³/mol. The van der Waals surface area contributed by atoms with E-state index >= 15 is 0 Å². The SMILES string of the molecule is CN(CCC(=O)Nc1ccccc1F)CC1(CO)CCOCC1. The Labute approximate surface area is 136 Å². The van der Waals surface area contributed by atoms with E-state index in [2.05, 4.69) is 5.32 Å². The number of hydrogen-bond donors (Lipinski definition) is 2. The number of carbonyl (C=O) groups excluding carboxylic acids is 1. The number of nitrogens with zero attached hydrogens (tertiary/aromatic N) is 1. The second kappa shape index (κ2) is 8.38. The Morgan fingerprint density at radius 2 is 2.09 bits per heavy atom. The molecule has 0 unspecified atom stereocenters. The zero-order valence-corrected chi connectivity index (χ0v) is 13.6. The van der Waals surface area contributed by atoms with Crippen LogP contribution in [0.1, 0.15) is 19.3 Å². The van der Waals surface area contributed by atoms with Gasteiger partial charge in [-0.05, 0) is 32.0 Å². The van der Waals surface area contributed by atoms with Gasteiger partial charge in [0.25, 0.3) is 0 Å². The van der Waals surface area contributed by atoms with Gasteiger partial charge in [0.2, 0.25) is 5.91 Å². The standard InChI is InChI=1S/C17H25FN2O3/c1-20(12-17(13-21)7-10-23-11-8-17)9-6-16(22)19-15-5-3-2-4-14(15)18/h2-5,21H,6-13H2,1H3,(H,19,22). The fraction of sp³-hybridized carbons (Fsp3) is 0.588. The summed E-state index contributed by atoms with van der Waals surface area (Å²) in [6, 6.07) is 6.12. The Hall–Kier alpha value is -1.50. The van der Waals surface area contributed by atoms with Crippen molar-refractivity contribution in [2.45, 2.75) is 19.3 Å². The molecule has 1 aromatic carbocycles. The van der Waals surface area contributed by atoms with Crippen LogP contribution in [0.3, 0.4) is 0 Å². The summed E-state index contributed by atoms with van der Waals surface area (Å²) in [5.74, 6) is -0.650. The third kappa shape index (κ3) is 5.27. The van der Waals surface area contributed by atoms with E-state index in [4.69, 9.17) is 4.74 Å². The first-order valence-electron chi connectivity index (χ1n) is 7.96. The summed E-state index contributed by atoms with van der Waals surface area (Å²) < 4.78 is 18.8. The fourth-order valence-electron chi connectivity index (χ4n) is 2.89. The quantitative estimate of drug-likeness (QED) is 0.804. The molecular weight excluding hydrogens is 299 g/mol. The summed E-state index contributed by atoms with van der Waals surface area (Å²) in [6.45, 7) is 2.75. The molecular formula is C17H25FN2O3. The molecule has 1 aliphatic heterocycles. The molecule has 0 atom stereocenters. The summed E-state index contributed by atoms with van der Waals surface area (Å²) in [5, 5.41) is 12.3. The lowest BCUT2D eigenvalue weighted by Crippen LogP contribution is -2.43. The summed E-state index contributed by atoms with van der Waals surface area (Å²) in [6.07, 6.45) is 1.94. The van der Waals surface area contributed by atoms with Gasteiger partial charge in [-0.3, -0.25) is 4.79 Å². The van der Waals surface area contributed by atoms with Gasteiger partial charge < -0.3 is 20.1 Å². The summed E-state index contributed by atoms with van der Waals surface area (Å²) in [5.41, 5.74) is 0.0612. The number of carbonyl (C=O) groups is 1. The molecule has 0 aliphatic carbocycles. The summed E-state index contributed by atoms with van der Waals surface area (Å²) in [4.78, 5) is 14.0. The molecule has 0 radical (unpaired) electrons. The van der Waals surface area contributed by atoms with E-state index in [9.17, 15) is 14.3 Å². The van der Waals surface area contributed by atoms with E-state index in [1.54, 1.807) is 18.2 Å². The minimum Gasteiger partial charge on any atom is -0.396 e. The third-order valence-electron chi connectivity index (χ3n) is 4.36. The van der Waals surface area contributed by atoms with Gasteiger partial charge in [0.15, 0.2) is 0 Å². The highest BCUT2D eigenvalue weighted by atomic mass is 19.1. The Kier molecular flexibility index (Phi) is 6.50. The number of anilines is 1. The average Bonchev–Trinajstić information content (AvgIpc) is 2.56. The second-order valence-corrected chi connectivity index (χ2v) is 6.29. The molecule has 1 aromatic rings. The highest BCUT2D eigenvalue weighted by Gasteiger charge is 2.33. The maximum Gasteiger partial charge on any atom is 0.225 e. The van der Waals surface area contributed by atoms with E-state index in [1.807, 2.05) is 11.9 Å². The van der Waals surface area contributed by atoms with Crippen LogP contribution in [-0.4, -0.2) is 55.9 Å². The first kappa shape index (κ1) is 17.8. The highest BCUT2D eigenvalue weighted by molar-refractivity contribution is 5.90. The molecule has 5 nitrogen and oxygen atoms in total. The first-order chi connectivity index (χ1) is 11.0. The highest BCUT2D eigenvalue weighted by Crippen LogP contribution is 2.30. The van der Waals surface area contributed by atoms with Crippen LogP contribution in [0.4, 0.5) is 10.1 Å². The Bertz CT molecular complexity index is 518. The van der Waals surface area contributed by atoms with Gasteiger partial charge in [-0.2, -0.15) is 0 Å². The molecule has 2 N–H and O–H groups in total. The van der Waals surface area contributed by atoms with Crippen LogP contribution in [0.15, 0.2) is 24.3 Å². The first-order valence-corrected chi connectivity index (χ1v) is 7.96. The molecule has 2 rings (SSSR count). The lowest BCUT2D eigenvalue weighted by atomic mass is 9.80. The van der Waals surface area contributed by atoms with Gasteiger partial charge in [0.1, 0.15) is 5.82 Å². The molecule has 0 bridgehead atoms. The largest absolute Gasteiger partial charge is 0.396 e. The molecule has 128 valence electrons. The average molecular weight is 324 g/mol. The third-order valence-corrected chi connectivity index (χ3v) is 4.36. The van der Waals surface area contributed by atoms with Gasteiger partial charge >= 0.3 is 0 Å². The Morgan fingerprint density at radius 1 is 1.39 bits per heavy atom. The van der Waals surface area contributed by atoms with Crippen LogP contribution in [0.2, 0.25) is 0 Å². The molecule has 1 heterocycles. The summed E-state index contributed by atoms with van der Waals surface area (Å²) in [7, 11) is 1.93. The number of aliphatic hydroxyl groups excluding tert-OH is 1. The Balaban J connectivity index is 1.78. The number of nitrogens with one attached hydrogen (secondary N) is 1. The molecule has 23 heavy (non-hydrogen) atoms. The van der Waals surface area contributed by atoms with E-state index < -0.39 is 5.82 Å². The van der Waals surface area contributed by atoms with Crippen molar-refractivity contribution in [3.8, 4) is 0 Å². The van der Waals surface area contributed by atoms with Crippen LogP contribution < -0.4 is 5.32 Å². The normalized spacial score (nSPS) is 17.2. The van der Waals surface area contributed by atoms with Crippen molar-refractivity contribution in [1.29, 1.82) is 0 Å². The molecule has 1 saturated heterocycles. The van der Waals surface area contributed by atoms with Gasteiger partial charge in [-0.1, -0.05) is 12.1 Å². The lowest BCUT2D eigenvalue weighted by molar-refractivity contribution is -0.116. The number of rotatable bonds is 7. The van der Waals surface area contributed by atoms with Gasteiger partial charge in [0.05, 0.1) is 12.3 Å². The van der Waals surface area contributed by atoms with Crippen molar-refractivity contribution in [2.75, 3.05) is 45.3 Å². The molecule has 0 aromatic heterocycles. The monoisotopic (exact) mass is 324 g/mol. The topological polar surface area (TPSA) is 61.8 Å². The number of amides is 1. The number of halogens is 1. The maximum atomic E-state index is 13.5. The number of aliphatic hydroxyl groups is 1. The van der Waals surface area contributed by atoms with Crippen molar-refractivity contribution in [1.82, 2.24) is 4.90 Å². The minimum atomic E-state index is -0.435. The van der Waals surface area contributed by atoms with Crippen LogP contribution in [0.5, 0.6) is 0 Å². The number of para-hydroxylation sites is 1. The van der Waals surface area contributed by atoms with Crippen molar-refractivity contribution in [3.63, 3.8) is 0 Å². The fourth-order valence-corrected chi connectivity index (χ4v) is 2.89. The summed E-state index contributed by atoms with van der Waals surface area (Å²) >= 11 is 0. The van der Waals surface area contributed by atoms with Crippen LogP contribution in [-0.2, 0) is 9.53 Å². The number of ether oxygens (including phenoxy) is 1.